The molecule has 90 valence electrons. The summed E-state index contributed by atoms with van der Waals surface area (Å²) in [6, 6.07) is 4.16. The highest BCUT2D eigenvalue weighted by molar-refractivity contribution is 8.00. The molecule has 0 unspecified atom stereocenters. The van der Waals surface area contributed by atoms with Crippen LogP contribution in [-0.4, -0.2) is 12.1 Å². The van der Waals surface area contributed by atoms with Crippen LogP contribution in [0.15, 0.2) is 23.1 Å². The van der Waals surface area contributed by atoms with Gasteiger partial charge in [-0.15, -0.1) is 0 Å². The lowest BCUT2D eigenvalue weighted by Crippen LogP contribution is -2.07. The molecular formula is C9H11F3N2OS. The van der Waals surface area contributed by atoms with Gasteiger partial charge in [-0.05, 0) is 30.8 Å². The summed E-state index contributed by atoms with van der Waals surface area (Å²) >= 11 is -0.205. The molecule has 0 fully saturated rings. The van der Waals surface area contributed by atoms with Gasteiger partial charge in [0.25, 0.3) is 0 Å². The molecule has 16 heavy (non-hydrogen) atoms. The van der Waals surface area contributed by atoms with E-state index in [2.05, 4.69) is 5.43 Å². The van der Waals surface area contributed by atoms with Gasteiger partial charge < -0.3 is 10.2 Å². The molecule has 0 aliphatic carbocycles. The maximum absolute atomic E-state index is 12.2. The molecule has 3 N–H and O–H groups in total. The lowest BCUT2D eigenvalue weighted by Gasteiger charge is -2.10. The number of nitrogens with two attached hydrogens (primary N) is 1. The van der Waals surface area contributed by atoms with Gasteiger partial charge >= 0.3 is 5.51 Å². The van der Waals surface area contributed by atoms with Crippen molar-refractivity contribution >= 4 is 17.4 Å². The quantitative estimate of drug-likeness (QED) is 0.491. The van der Waals surface area contributed by atoms with E-state index in [1.54, 1.807) is 6.92 Å². The second-order valence-corrected chi connectivity index (χ2v) is 3.96. The van der Waals surface area contributed by atoms with Crippen LogP contribution in [0, 0.1) is 0 Å². The van der Waals surface area contributed by atoms with Gasteiger partial charge in [0.05, 0.1) is 12.3 Å². The first-order chi connectivity index (χ1) is 7.44. The number of hydrogen-bond donors (Lipinski definition) is 2. The Balaban J connectivity index is 2.95. The number of alkyl halides is 3. The number of benzene rings is 1. The summed E-state index contributed by atoms with van der Waals surface area (Å²) in [7, 11) is 0. The Labute approximate surface area is 95.1 Å². The second kappa shape index (κ2) is 5.31. The average Bonchev–Trinajstić information content (AvgIpc) is 2.15. The number of rotatable bonds is 4. The molecule has 1 aromatic rings. The maximum atomic E-state index is 12.2. The number of anilines is 1. The van der Waals surface area contributed by atoms with E-state index in [9.17, 15) is 13.2 Å². The first-order valence-electron chi connectivity index (χ1n) is 4.45. The van der Waals surface area contributed by atoms with Gasteiger partial charge in [0.1, 0.15) is 5.75 Å². The number of ether oxygens (including phenoxy) is 1. The normalized spacial score (nSPS) is 11.3. The monoisotopic (exact) mass is 252 g/mol. The van der Waals surface area contributed by atoms with Gasteiger partial charge in [-0.1, -0.05) is 0 Å². The highest BCUT2D eigenvalue weighted by Gasteiger charge is 2.29. The number of hydrazine groups is 1. The van der Waals surface area contributed by atoms with Crippen LogP contribution in [-0.2, 0) is 0 Å². The zero-order valence-corrected chi connectivity index (χ0v) is 9.28. The zero-order chi connectivity index (χ0) is 12.2. The van der Waals surface area contributed by atoms with Crippen molar-refractivity contribution in [3.8, 4) is 5.75 Å². The molecule has 0 amide bonds. The summed E-state index contributed by atoms with van der Waals surface area (Å²) < 4.78 is 41.6. The predicted octanol–water partition coefficient (Wildman–Crippen LogP) is 2.98. The van der Waals surface area contributed by atoms with Crippen molar-refractivity contribution in [1.82, 2.24) is 0 Å². The largest absolute Gasteiger partial charge is 0.494 e. The van der Waals surface area contributed by atoms with Crippen LogP contribution in [0.4, 0.5) is 18.9 Å². The number of hydrogen-bond acceptors (Lipinski definition) is 4. The van der Waals surface area contributed by atoms with Crippen molar-refractivity contribution < 1.29 is 17.9 Å². The van der Waals surface area contributed by atoms with Gasteiger partial charge in [0, 0.05) is 11.0 Å². The Bertz CT molecular complexity index is 357. The zero-order valence-electron chi connectivity index (χ0n) is 8.47. The minimum Gasteiger partial charge on any atom is -0.494 e. The maximum Gasteiger partial charge on any atom is 0.446 e. The van der Waals surface area contributed by atoms with Crippen molar-refractivity contribution in [2.75, 3.05) is 12.0 Å². The molecule has 0 heterocycles. The molecule has 0 radical (unpaired) electrons. The van der Waals surface area contributed by atoms with Crippen molar-refractivity contribution in [3.05, 3.63) is 18.2 Å². The molecule has 0 saturated carbocycles. The summed E-state index contributed by atoms with van der Waals surface area (Å²) in [4.78, 5) is 0.0337. The molecule has 0 aliphatic heterocycles. The standard InChI is InChI=1S/C9H11F3N2OS/c1-2-15-7-3-6(14-13)4-8(5-7)16-9(10,11)12/h3-5,14H,2,13H2,1H3. The van der Waals surface area contributed by atoms with Crippen molar-refractivity contribution in [2.45, 2.75) is 17.3 Å². The van der Waals surface area contributed by atoms with E-state index in [4.69, 9.17) is 10.6 Å². The minimum absolute atomic E-state index is 0.0337. The lowest BCUT2D eigenvalue weighted by molar-refractivity contribution is -0.0328. The molecule has 0 atom stereocenters. The molecule has 3 nitrogen and oxygen atoms in total. The van der Waals surface area contributed by atoms with E-state index in [1.807, 2.05) is 0 Å². The second-order valence-electron chi connectivity index (χ2n) is 2.82. The van der Waals surface area contributed by atoms with Crippen LogP contribution in [0.3, 0.4) is 0 Å². The van der Waals surface area contributed by atoms with Crippen LogP contribution in [0.25, 0.3) is 0 Å². The summed E-state index contributed by atoms with van der Waals surface area (Å²) in [6.45, 7) is 2.13. The third-order valence-electron chi connectivity index (χ3n) is 1.59. The SMILES string of the molecule is CCOc1cc(NN)cc(SC(F)(F)F)c1. The summed E-state index contributed by atoms with van der Waals surface area (Å²) in [6.07, 6.45) is 0. The Hall–Kier alpha value is -1.08. The molecule has 0 aliphatic rings. The predicted molar refractivity (Wildman–Crippen MR) is 57.3 cm³/mol. The molecular weight excluding hydrogens is 241 g/mol. The van der Waals surface area contributed by atoms with Gasteiger partial charge in [-0.3, -0.25) is 5.84 Å². The van der Waals surface area contributed by atoms with Gasteiger partial charge in [-0.25, -0.2) is 0 Å². The van der Waals surface area contributed by atoms with Crippen LogP contribution in [0.1, 0.15) is 6.92 Å². The van der Waals surface area contributed by atoms with Gasteiger partial charge in [0.2, 0.25) is 0 Å². The Morgan fingerprint density at radius 3 is 2.56 bits per heavy atom. The topological polar surface area (TPSA) is 47.3 Å². The summed E-state index contributed by atoms with van der Waals surface area (Å²) in [5.41, 5.74) is -1.66. The lowest BCUT2D eigenvalue weighted by atomic mass is 10.3. The van der Waals surface area contributed by atoms with Crippen molar-refractivity contribution in [3.63, 3.8) is 0 Å². The molecule has 1 rings (SSSR count). The molecule has 0 aromatic heterocycles. The molecule has 0 bridgehead atoms. The van der Waals surface area contributed by atoms with E-state index in [0.717, 1.165) is 0 Å². The Kier molecular flexibility index (Phi) is 4.31. The van der Waals surface area contributed by atoms with Crippen LogP contribution >= 0.6 is 11.8 Å². The third kappa shape index (κ3) is 4.19. The van der Waals surface area contributed by atoms with Crippen LogP contribution in [0.5, 0.6) is 5.75 Å². The molecule has 7 heteroatoms. The number of thioether (sulfide) groups is 1. The Morgan fingerprint density at radius 2 is 2.06 bits per heavy atom. The third-order valence-corrected chi connectivity index (χ3v) is 2.29. The van der Waals surface area contributed by atoms with E-state index in [1.165, 1.54) is 18.2 Å². The molecule has 0 spiro atoms. The van der Waals surface area contributed by atoms with Crippen LogP contribution < -0.4 is 16.0 Å². The van der Waals surface area contributed by atoms with E-state index >= 15 is 0 Å². The van der Waals surface area contributed by atoms with Gasteiger partial charge in [-0.2, -0.15) is 13.2 Å². The number of nitrogens with one attached hydrogen (secondary N) is 1. The average molecular weight is 252 g/mol. The molecule has 1 aromatic carbocycles. The first kappa shape index (κ1) is 13.0. The summed E-state index contributed by atoms with van der Waals surface area (Å²) in [5, 5.41) is 0. The molecule has 0 saturated heterocycles. The van der Waals surface area contributed by atoms with E-state index in [-0.39, 0.29) is 16.7 Å². The fourth-order valence-electron chi connectivity index (χ4n) is 1.10. The van der Waals surface area contributed by atoms with Crippen LogP contribution in [0.2, 0.25) is 0 Å². The summed E-state index contributed by atoms with van der Waals surface area (Å²) in [5.74, 6) is 5.50. The fraction of sp³-hybridized carbons (Fsp3) is 0.333. The highest BCUT2D eigenvalue weighted by atomic mass is 32.2. The van der Waals surface area contributed by atoms with Crippen molar-refractivity contribution in [2.24, 2.45) is 5.84 Å². The smallest absolute Gasteiger partial charge is 0.446 e. The number of halogens is 3. The minimum atomic E-state index is -4.32. The van der Waals surface area contributed by atoms with Crippen molar-refractivity contribution in [1.29, 1.82) is 0 Å². The van der Waals surface area contributed by atoms with E-state index in [0.29, 0.717) is 18.0 Å². The Morgan fingerprint density at radius 1 is 1.38 bits per heavy atom. The highest BCUT2D eigenvalue weighted by Crippen LogP contribution is 2.39. The van der Waals surface area contributed by atoms with E-state index < -0.39 is 5.51 Å². The van der Waals surface area contributed by atoms with Gasteiger partial charge in [0.15, 0.2) is 0 Å². The fourth-order valence-corrected chi connectivity index (χ4v) is 1.73. The first-order valence-corrected chi connectivity index (χ1v) is 5.26. The number of nitrogen functional groups attached to an aromatic ring is 1.